The Bertz CT molecular complexity index is 1020. The summed E-state index contributed by atoms with van der Waals surface area (Å²) in [6.45, 7) is 3.32. The molecule has 1 saturated heterocycles. The van der Waals surface area contributed by atoms with Crippen molar-refractivity contribution in [1.82, 2.24) is 19.4 Å². The number of piperidine rings is 1. The Hall–Kier alpha value is -3.19. The molecule has 31 heavy (non-hydrogen) atoms. The maximum atomic E-state index is 12.6. The Morgan fingerprint density at radius 1 is 1.39 bits per heavy atom. The first-order valence-electron chi connectivity index (χ1n) is 10.5. The summed E-state index contributed by atoms with van der Waals surface area (Å²) in [7, 11) is 1.94. The number of anilines is 1. The molecule has 0 bridgehead atoms. The number of nitrogens with zero attached hydrogens (tertiary/aromatic N) is 6. The topological polar surface area (TPSA) is 130 Å². The van der Waals surface area contributed by atoms with E-state index in [2.05, 4.69) is 16.9 Å². The highest BCUT2D eigenvalue weighted by Gasteiger charge is 2.33. The standard InChI is InChI=1S/C21H27N7O3/c1-13-4-7-27(18(29)3-6-22)11-17(13)26(2)19-16-5-8-28(20(16)25-12-24-19)21(30)31-15-9-14(23)10-15/h5,8,12-15,17H,3-4,7,9-11,23H2,1-2H3/t13-,14?,15?,17+/m1/s1. The minimum atomic E-state index is -0.474. The molecule has 0 radical (unpaired) electrons. The molecule has 3 heterocycles. The first kappa shape index (κ1) is 21.1. The molecule has 164 valence electrons. The molecule has 4 rings (SSSR count). The van der Waals surface area contributed by atoms with E-state index >= 15 is 0 Å². The molecule has 2 atom stereocenters. The molecule has 10 nitrogen and oxygen atoms in total. The maximum absolute atomic E-state index is 12.6. The second kappa shape index (κ2) is 8.51. The Morgan fingerprint density at radius 2 is 2.16 bits per heavy atom. The zero-order valence-electron chi connectivity index (χ0n) is 17.8. The van der Waals surface area contributed by atoms with Crippen LogP contribution in [0.1, 0.15) is 32.6 Å². The molecule has 2 aromatic heterocycles. The van der Waals surface area contributed by atoms with Gasteiger partial charge < -0.3 is 20.3 Å². The van der Waals surface area contributed by atoms with Gasteiger partial charge in [0, 0.05) is 32.4 Å². The van der Waals surface area contributed by atoms with Crippen LogP contribution in [-0.4, -0.2) is 69.8 Å². The molecule has 1 aliphatic carbocycles. The number of carbonyl (C=O) groups is 2. The SMILES string of the molecule is C[C@@H]1CCN(C(=O)CC#N)C[C@@H]1N(C)c1ncnc2c1ccn2C(=O)OC1CC(N)C1. The molecule has 0 aromatic carbocycles. The van der Waals surface area contributed by atoms with E-state index in [1.807, 2.05) is 18.0 Å². The van der Waals surface area contributed by atoms with Gasteiger partial charge in [0.25, 0.3) is 0 Å². The molecule has 2 N–H and O–H groups in total. The molecule has 2 aliphatic rings. The van der Waals surface area contributed by atoms with E-state index in [9.17, 15) is 9.59 Å². The molecule has 2 fully saturated rings. The summed E-state index contributed by atoms with van der Waals surface area (Å²) in [6, 6.07) is 3.87. The number of fused-ring (bicyclic) bond motifs is 1. The number of aromatic nitrogens is 3. The van der Waals surface area contributed by atoms with Gasteiger partial charge in [-0.15, -0.1) is 0 Å². The Labute approximate surface area is 180 Å². The summed E-state index contributed by atoms with van der Waals surface area (Å²) in [5.74, 6) is 0.870. The number of likely N-dealkylation sites (tertiary alicyclic amines) is 1. The number of rotatable bonds is 4. The summed E-state index contributed by atoms with van der Waals surface area (Å²) < 4.78 is 6.90. The average molecular weight is 425 g/mol. The predicted octanol–water partition coefficient (Wildman–Crippen LogP) is 1.49. The zero-order chi connectivity index (χ0) is 22.1. The van der Waals surface area contributed by atoms with Gasteiger partial charge in [0.05, 0.1) is 17.5 Å². The van der Waals surface area contributed by atoms with Crippen LogP contribution in [-0.2, 0) is 9.53 Å². The highest BCUT2D eigenvalue weighted by Crippen LogP contribution is 2.30. The fraction of sp³-hybridized carbons (Fsp3) is 0.571. The van der Waals surface area contributed by atoms with E-state index in [0.29, 0.717) is 43.3 Å². The van der Waals surface area contributed by atoms with Crippen LogP contribution in [0.3, 0.4) is 0 Å². The smallest absolute Gasteiger partial charge is 0.419 e. The van der Waals surface area contributed by atoms with Crippen LogP contribution in [0.2, 0.25) is 0 Å². The summed E-state index contributed by atoms with van der Waals surface area (Å²) in [6.07, 6.45) is 4.54. The Balaban J connectivity index is 1.56. The summed E-state index contributed by atoms with van der Waals surface area (Å²) >= 11 is 0. The second-order valence-corrected chi connectivity index (χ2v) is 8.48. The average Bonchev–Trinajstić information content (AvgIpc) is 3.17. The van der Waals surface area contributed by atoms with Crippen molar-refractivity contribution in [3.8, 4) is 6.07 Å². The van der Waals surface area contributed by atoms with Crippen molar-refractivity contribution < 1.29 is 14.3 Å². The third kappa shape index (κ3) is 4.05. The summed E-state index contributed by atoms with van der Waals surface area (Å²) in [4.78, 5) is 37.4. The number of hydrogen-bond donors (Lipinski definition) is 1. The van der Waals surface area contributed by atoms with E-state index in [1.54, 1.807) is 17.2 Å². The lowest BCUT2D eigenvalue weighted by molar-refractivity contribution is -0.131. The van der Waals surface area contributed by atoms with Crippen LogP contribution < -0.4 is 10.6 Å². The molecule has 1 amide bonds. The van der Waals surface area contributed by atoms with Crippen molar-refractivity contribution in [2.24, 2.45) is 11.7 Å². The fourth-order valence-electron chi connectivity index (χ4n) is 4.38. The zero-order valence-corrected chi connectivity index (χ0v) is 17.8. The summed E-state index contributed by atoms with van der Waals surface area (Å²) in [5.41, 5.74) is 6.25. The van der Waals surface area contributed by atoms with Gasteiger partial charge in [-0.05, 0) is 31.2 Å². The molecule has 1 aliphatic heterocycles. The van der Waals surface area contributed by atoms with Crippen molar-refractivity contribution in [2.45, 2.75) is 50.8 Å². The Morgan fingerprint density at radius 3 is 2.87 bits per heavy atom. The molecular formula is C21H27N7O3. The van der Waals surface area contributed by atoms with Crippen LogP contribution >= 0.6 is 0 Å². The third-order valence-electron chi connectivity index (χ3n) is 6.39. The molecule has 2 aromatic rings. The monoisotopic (exact) mass is 425 g/mol. The van der Waals surface area contributed by atoms with Crippen LogP contribution in [0.25, 0.3) is 11.0 Å². The lowest BCUT2D eigenvalue weighted by Crippen LogP contribution is -2.52. The fourth-order valence-corrected chi connectivity index (χ4v) is 4.38. The number of hydrogen-bond acceptors (Lipinski definition) is 8. The largest absolute Gasteiger partial charge is 0.445 e. The highest BCUT2D eigenvalue weighted by atomic mass is 16.6. The number of amides is 1. The van der Waals surface area contributed by atoms with E-state index in [-0.39, 0.29) is 30.5 Å². The van der Waals surface area contributed by atoms with Gasteiger partial charge in [0.2, 0.25) is 5.91 Å². The van der Waals surface area contributed by atoms with Gasteiger partial charge >= 0.3 is 6.09 Å². The van der Waals surface area contributed by atoms with Crippen LogP contribution in [0.15, 0.2) is 18.6 Å². The number of nitrogens with two attached hydrogens (primary N) is 1. The predicted molar refractivity (Wildman–Crippen MR) is 113 cm³/mol. The number of ether oxygens (including phenoxy) is 1. The van der Waals surface area contributed by atoms with Gasteiger partial charge in [0.1, 0.15) is 24.7 Å². The van der Waals surface area contributed by atoms with Crippen LogP contribution in [0, 0.1) is 17.2 Å². The minimum absolute atomic E-state index is 0.0289. The summed E-state index contributed by atoms with van der Waals surface area (Å²) in [5, 5.41) is 9.59. The van der Waals surface area contributed by atoms with E-state index in [4.69, 9.17) is 15.7 Å². The van der Waals surface area contributed by atoms with Crippen molar-refractivity contribution >= 4 is 28.9 Å². The minimum Gasteiger partial charge on any atom is -0.445 e. The van der Waals surface area contributed by atoms with Crippen molar-refractivity contribution in [3.63, 3.8) is 0 Å². The lowest BCUT2D eigenvalue weighted by Gasteiger charge is -2.42. The van der Waals surface area contributed by atoms with Crippen molar-refractivity contribution in [1.29, 1.82) is 5.26 Å². The van der Waals surface area contributed by atoms with Crippen molar-refractivity contribution in [3.05, 3.63) is 18.6 Å². The Kier molecular flexibility index (Phi) is 5.78. The molecular weight excluding hydrogens is 398 g/mol. The maximum Gasteiger partial charge on any atom is 0.419 e. The van der Waals surface area contributed by atoms with Crippen LogP contribution in [0.5, 0.6) is 0 Å². The lowest BCUT2D eigenvalue weighted by atomic mass is 9.90. The van der Waals surface area contributed by atoms with Crippen molar-refractivity contribution in [2.75, 3.05) is 25.0 Å². The quantitative estimate of drug-likeness (QED) is 0.780. The molecule has 1 saturated carbocycles. The van der Waals surface area contributed by atoms with E-state index < -0.39 is 6.09 Å². The van der Waals surface area contributed by atoms with Gasteiger partial charge in [-0.2, -0.15) is 5.26 Å². The second-order valence-electron chi connectivity index (χ2n) is 8.48. The molecule has 10 heteroatoms. The van der Waals surface area contributed by atoms with Gasteiger partial charge in [-0.3, -0.25) is 4.79 Å². The molecule has 0 spiro atoms. The van der Waals surface area contributed by atoms with Gasteiger partial charge in [-0.25, -0.2) is 19.3 Å². The number of likely N-dealkylation sites (N-methyl/N-ethyl adjacent to an activating group) is 1. The van der Waals surface area contributed by atoms with Gasteiger partial charge in [0.15, 0.2) is 5.65 Å². The normalized spacial score (nSPS) is 25.5. The highest BCUT2D eigenvalue weighted by molar-refractivity contribution is 5.93. The van der Waals surface area contributed by atoms with E-state index in [0.717, 1.165) is 11.8 Å². The molecule has 0 unspecified atom stereocenters. The number of carbonyl (C=O) groups excluding carboxylic acids is 2. The first-order valence-corrected chi connectivity index (χ1v) is 10.5. The first-order chi connectivity index (χ1) is 14.9. The number of nitriles is 1. The van der Waals surface area contributed by atoms with Crippen LogP contribution in [0.4, 0.5) is 10.6 Å². The van der Waals surface area contributed by atoms with E-state index in [1.165, 1.54) is 10.9 Å². The third-order valence-corrected chi connectivity index (χ3v) is 6.39. The van der Waals surface area contributed by atoms with Gasteiger partial charge in [-0.1, -0.05) is 6.92 Å².